The molecule has 16 heavy (non-hydrogen) atoms. The van der Waals surface area contributed by atoms with Crippen molar-refractivity contribution in [1.82, 2.24) is 10.3 Å². The predicted molar refractivity (Wildman–Crippen MR) is 62.2 cm³/mol. The van der Waals surface area contributed by atoms with Gasteiger partial charge in [0.05, 0.1) is 0 Å². The first-order chi connectivity index (χ1) is 7.86. The molecule has 0 bridgehead atoms. The SMILES string of the molecule is O=C1NCCCC/C1=N/Nc1ccccn1. The van der Waals surface area contributed by atoms with Gasteiger partial charge in [0.2, 0.25) is 0 Å². The molecule has 1 aromatic rings. The standard InChI is InChI=1S/C11H14N4O/c16-11-9(5-1-3-8-13-11)14-15-10-6-2-4-7-12-10/h2,4,6-7H,1,3,5,8H2,(H,12,15)(H,13,16)/b14-9-. The third kappa shape index (κ3) is 2.79. The van der Waals surface area contributed by atoms with E-state index in [1.54, 1.807) is 12.3 Å². The summed E-state index contributed by atoms with van der Waals surface area (Å²) in [6, 6.07) is 5.50. The summed E-state index contributed by atoms with van der Waals surface area (Å²) in [4.78, 5) is 15.6. The van der Waals surface area contributed by atoms with Gasteiger partial charge in [0.25, 0.3) is 5.91 Å². The van der Waals surface area contributed by atoms with E-state index in [4.69, 9.17) is 0 Å². The molecule has 0 saturated carbocycles. The molecule has 1 amide bonds. The molecule has 1 saturated heterocycles. The van der Waals surface area contributed by atoms with Crippen LogP contribution in [0.25, 0.3) is 0 Å². The Balaban J connectivity index is 2.03. The van der Waals surface area contributed by atoms with Crippen LogP contribution in [0.5, 0.6) is 0 Å². The van der Waals surface area contributed by atoms with Crippen LogP contribution in [-0.4, -0.2) is 23.1 Å². The smallest absolute Gasteiger partial charge is 0.267 e. The van der Waals surface area contributed by atoms with Gasteiger partial charge in [0.1, 0.15) is 11.5 Å². The second kappa shape index (κ2) is 5.25. The summed E-state index contributed by atoms with van der Waals surface area (Å²) in [5, 5.41) is 6.89. The van der Waals surface area contributed by atoms with Crippen molar-refractivity contribution in [3.05, 3.63) is 24.4 Å². The van der Waals surface area contributed by atoms with Crippen LogP contribution in [0.4, 0.5) is 5.82 Å². The fourth-order valence-electron chi connectivity index (χ4n) is 1.50. The van der Waals surface area contributed by atoms with Crippen LogP contribution < -0.4 is 10.7 Å². The van der Waals surface area contributed by atoms with Crippen LogP contribution in [0.2, 0.25) is 0 Å². The topological polar surface area (TPSA) is 66.4 Å². The van der Waals surface area contributed by atoms with Crippen molar-refractivity contribution < 1.29 is 4.79 Å². The van der Waals surface area contributed by atoms with Gasteiger partial charge in [0, 0.05) is 12.7 Å². The summed E-state index contributed by atoms with van der Waals surface area (Å²) in [6.45, 7) is 0.738. The van der Waals surface area contributed by atoms with Crippen LogP contribution in [0.1, 0.15) is 19.3 Å². The number of hydrazone groups is 1. The molecule has 0 aliphatic carbocycles. The molecule has 0 radical (unpaired) electrons. The fourth-order valence-corrected chi connectivity index (χ4v) is 1.50. The first-order valence-corrected chi connectivity index (χ1v) is 5.38. The van der Waals surface area contributed by atoms with Crippen molar-refractivity contribution in [3.63, 3.8) is 0 Å². The zero-order valence-electron chi connectivity index (χ0n) is 8.94. The van der Waals surface area contributed by atoms with Crippen molar-refractivity contribution in [2.24, 2.45) is 5.10 Å². The highest BCUT2D eigenvalue weighted by atomic mass is 16.1. The highest BCUT2D eigenvalue weighted by Gasteiger charge is 2.14. The third-order valence-electron chi connectivity index (χ3n) is 2.36. The summed E-state index contributed by atoms with van der Waals surface area (Å²) in [5.41, 5.74) is 3.33. The lowest BCUT2D eigenvalue weighted by Crippen LogP contribution is -2.29. The van der Waals surface area contributed by atoms with Gasteiger partial charge in [-0.3, -0.25) is 10.2 Å². The van der Waals surface area contributed by atoms with Gasteiger partial charge < -0.3 is 5.32 Å². The Labute approximate surface area is 94.0 Å². The quantitative estimate of drug-likeness (QED) is 0.732. The second-order valence-electron chi connectivity index (χ2n) is 3.60. The number of pyridine rings is 1. The Hall–Kier alpha value is -1.91. The van der Waals surface area contributed by atoms with Gasteiger partial charge >= 0.3 is 0 Å². The van der Waals surface area contributed by atoms with E-state index < -0.39 is 0 Å². The molecule has 0 atom stereocenters. The Kier molecular flexibility index (Phi) is 3.48. The molecule has 1 aromatic heterocycles. The second-order valence-corrected chi connectivity index (χ2v) is 3.60. The van der Waals surface area contributed by atoms with Crippen LogP contribution in [0, 0.1) is 0 Å². The van der Waals surface area contributed by atoms with Gasteiger partial charge in [-0.25, -0.2) is 4.98 Å². The first kappa shape index (κ1) is 10.6. The summed E-state index contributed by atoms with van der Waals surface area (Å²) in [7, 11) is 0. The number of carbonyl (C=O) groups excluding carboxylic acids is 1. The molecular weight excluding hydrogens is 204 g/mol. The maximum atomic E-state index is 11.5. The average molecular weight is 218 g/mol. The summed E-state index contributed by atoms with van der Waals surface area (Å²) in [5.74, 6) is 0.563. The average Bonchev–Trinajstić information content (AvgIpc) is 2.53. The van der Waals surface area contributed by atoms with Crippen molar-refractivity contribution in [2.45, 2.75) is 19.3 Å². The normalized spacial score (nSPS) is 19.0. The van der Waals surface area contributed by atoms with Crippen LogP contribution in [0.15, 0.2) is 29.5 Å². The van der Waals surface area contributed by atoms with E-state index in [0.717, 1.165) is 19.4 Å². The van der Waals surface area contributed by atoms with Crippen molar-refractivity contribution in [2.75, 3.05) is 12.0 Å². The Morgan fingerprint density at radius 2 is 2.31 bits per heavy atom. The maximum Gasteiger partial charge on any atom is 0.267 e. The number of nitrogens with zero attached hydrogens (tertiary/aromatic N) is 2. The van der Waals surface area contributed by atoms with Crippen LogP contribution >= 0.6 is 0 Å². The Morgan fingerprint density at radius 3 is 3.12 bits per heavy atom. The minimum absolute atomic E-state index is 0.0825. The molecule has 1 aliphatic heterocycles. The number of carbonyl (C=O) groups is 1. The molecule has 0 spiro atoms. The van der Waals surface area contributed by atoms with E-state index in [1.165, 1.54) is 0 Å². The van der Waals surface area contributed by atoms with Gasteiger partial charge in [-0.15, -0.1) is 0 Å². The fraction of sp³-hybridized carbons (Fsp3) is 0.364. The lowest BCUT2D eigenvalue weighted by atomic mass is 10.2. The number of nitrogens with one attached hydrogen (secondary N) is 2. The Bertz CT molecular complexity index is 388. The van der Waals surface area contributed by atoms with E-state index in [-0.39, 0.29) is 5.91 Å². The third-order valence-corrected chi connectivity index (χ3v) is 2.36. The van der Waals surface area contributed by atoms with Gasteiger partial charge in [0.15, 0.2) is 0 Å². The zero-order chi connectivity index (χ0) is 11.2. The number of hydrogen-bond acceptors (Lipinski definition) is 4. The predicted octanol–water partition coefficient (Wildman–Crippen LogP) is 1.15. The monoisotopic (exact) mass is 218 g/mol. The lowest BCUT2D eigenvalue weighted by Gasteiger charge is -2.02. The molecule has 1 fully saturated rings. The molecule has 2 N–H and O–H groups in total. The molecule has 2 rings (SSSR count). The van der Waals surface area contributed by atoms with Crippen LogP contribution in [0.3, 0.4) is 0 Å². The zero-order valence-corrected chi connectivity index (χ0v) is 8.94. The number of anilines is 1. The number of aromatic nitrogens is 1. The molecular formula is C11H14N4O. The molecule has 5 heteroatoms. The molecule has 0 unspecified atom stereocenters. The highest BCUT2D eigenvalue weighted by Crippen LogP contribution is 2.04. The number of amides is 1. The number of hydrogen-bond donors (Lipinski definition) is 2. The highest BCUT2D eigenvalue weighted by molar-refractivity contribution is 6.39. The van der Waals surface area contributed by atoms with Gasteiger partial charge in [-0.1, -0.05) is 6.07 Å². The summed E-state index contributed by atoms with van der Waals surface area (Å²) in [6.07, 6.45) is 4.39. The van der Waals surface area contributed by atoms with Crippen molar-refractivity contribution in [1.29, 1.82) is 0 Å². The van der Waals surface area contributed by atoms with Crippen molar-refractivity contribution >= 4 is 17.4 Å². The lowest BCUT2D eigenvalue weighted by molar-refractivity contribution is -0.114. The summed E-state index contributed by atoms with van der Waals surface area (Å²) < 4.78 is 0. The van der Waals surface area contributed by atoms with E-state index in [2.05, 4.69) is 20.8 Å². The van der Waals surface area contributed by atoms with E-state index in [9.17, 15) is 4.79 Å². The summed E-state index contributed by atoms with van der Waals surface area (Å²) >= 11 is 0. The van der Waals surface area contributed by atoms with Crippen molar-refractivity contribution in [3.8, 4) is 0 Å². The molecule has 5 nitrogen and oxygen atoms in total. The number of rotatable bonds is 2. The minimum Gasteiger partial charge on any atom is -0.351 e. The minimum atomic E-state index is -0.0825. The molecule has 2 heterocycles. The van der Waals surface area contributed by atoms with Gasteiger partial charge in [-0.05, 0) is 31.4 Å². The molecule has 0 aromatic carbocycles. The van der Waals surface area contributed by atoms with E-state index in [0.29, 0.717) is 18.0 Å². The van der Waals surface area contributed by atoms with E-state index >= 15 is 0 Å². The van der Waals surface area contributed by atoms with E-state index in [1.807, 2.05) is 12.1 Å². The molecule has 84 valence electrons. The first-order valence-electron chi connectivity index (χ1n) is 5.38. The Morgan fingerprint density at radius 1 is 1.38 bits per heavy atom. The van der Waals surface area contributed by atoms with Crippen LogP contribution in [-0.2, 0) is 4.79 Å². The van der Waals surface area contributed by atoms with Gasteiger partial charge in [-0.2, -0.15) is 5.10 Å². The maximum absolute atomic E-state index is 11.5. The largest absolute Gasteiger partial charge is 0.351 e. The molecule has 1 aliphatic rings.